The van der Waals surface area contributed by atoms with Gasteiger partial charge in [-0.05, 0) is 16.3 Å². The van der Waals surface area contributed by atoms with Crippen molar-refractivity contribution in [1.82, 2.24) is 5.43 Å². The van der Waals surface area contributed by atoms with Crippen LogP contribution in [0.5, 0.6) is 0 Å². The van der Waals surface area contributed by atoms with Crippen LogP contribution in [0.1, 0.15) is 11.6 Å². The van der Waals surface area contributed by atoms with E-state index in [-0.39, 0.29) is 6.04 Å². The van der Waals surface area contributed by atoms with Gasteiger partial charge in [-0.25, -0.2) is 5.43 Å². The molecule has 0 aliphatic rings. The molecule has 0 amide bonds. The summed E-state index contributed by atoms with van der Waals surface area (Å²) in [6.07, 6.45) is 1.81. The Hall–Kier alpha value is -1.64. The van der Waals surface area contributed by atoms with Crippen molar-refractivity contribution in [2.45, 2.75) is 6.04 Å². The van der Waals surface area contributed by atoms with E-state index in [4.69, 9.17) is 5.84 Å². The SMILES string of the molecule is C=CC(NN)c1cccc2ccccc12. The van der Waals surface area contributed by atoms with Gasteiger partial charge in [-0.15, -0.1) is 6.58 Å². The van der Waals surface area contributed by atoms with Gasteiger partial charge in [0.2, 0.25) is 0 Å². The molecule has 76 valence electrons. The summed E-state index contributed by atoms with van der Waals surface area (Å²) in [5.74, 6) is 5.49. The van der Waals surface area contributed by atoms with E-state index in [2.05, 4.69) is 36.3 Å². The Morgan fingerprint density at radius 2 is 1.87 bits per heavy atom. The van der Waals surface area contributed by atoms with Crippen molar-refractivity contribution in [2.24, 2.45) is 5.84 Å². The van der Waals surface area contributed by atoms with E-state index in [1.165, 1.54) is 10.8 Å². The van der Waals surface area contributed by atoms with Gasteiger partial charge in [-0.1, -0.05) is 48.5 Å². The molecule has 2 aromatic carbocycles. The van der Waals surface area contributed by atoms with E-state index < -0.39 is 0 Å². The number of hydrazine groups is 1. The van der Waals surface area contributed by atoms with Gasteiger partial charge in [0.1, 0.15) is 0 Å². The van der Waals surface area contributed by atoms with Gasteiger partial charge in [-0.3, -0.25) is 5.84 Å². The van der Waals surface area contributed by atoms with E-state index in [1.54, 1.807) is 0 Å². The molecule has 0 heterocycles. The lowest BCUT2D eigenvalue weighted by molar-refractivity contribution is 0.661. The van der Waals surface area contributed by atoms with Crippen molar-refractivity contribution in [3.63, 3.8) is 0 Å². The number of benzene rings is 2. The highest BCUT2D eigenvalue weighted by Crippen LogP contribution is 2.24. The van der Waals surface area contributed by atoms with Crippen molar-refractivity contribution in [3.05, 3.63) is 60.7 Å². The summed E-state index contributed by atoms with van der Waals surface area (Å²) in [7, 11) is 0. The summed E-state index contributed by atoms with van der Waals surface area (Å²) in [6.45, 7) is 3.77. The zero-order valence-corrected chi connectivity index (χ0v) is 8.48. The molecule has 2 rings (SSSR count). The fourth-order valence-corrected chi connectivity index (χ4v) is 1.81. The third kappa shape index (κ3) is 1.77. The van der Waals surface area contributed by atoms with Crippen LogP contribution >= 0.6 is 0 Å². The van der Waals surface area contributed by atoms with Crippen LogP contribution in [0.3, 0.4) is 0 Å². The molecule has 3 N–H and O–H groups in total. The lowest BCUT2D eigenvalue weighted by atomic mass is 9.99. The van der Waals surface area contributed by atoms with E-state index >= 15 is 0 Å². The van der Waals surface area contributed by atoms with Crippen molar-refractivity contribution >= 4 is 10.8 Å². The van der Waals surface area contributed by atoms with Gasteiger partial charge in [0.25, 0.3) is 0 Å². The Morgan fingerprint density at radius 3 is 2.60 bits per heavy atom. The molecule has 0 bridgehead atoms. The number of hydrogen-bond donors (Lipinski definition) is 2. The lowest BCUT2D eigenvalue weighted by Crippen LogP contribution is -2.26. The quantitative estimate of drug-likeness (QED) is 0.452. The average molecular weight is 198 g/mol. The van der Waals surface area contributed by atoms with Crippen LogP contribution in [-0.2, 0) is 0 Å². The highest BCUT2D eigenvalue weighted by atomic mass is 15.2. The van der Waals surface area contributed by atoms with Crippen LogP contribution in [0.4, 0.5) is 0 Å². The second-order valence-corrected chi connectivity index (χ2v) is 3.45. The van der Waals surface area contributed by atoms with Crippen LogP contribution in [0.2, 0.25) is 0 Å². The number of rotatable bonds is 3. The third-order valence-electron chi connectivity index (χ3n) is 2.57. The third-order valence-corrected chi connectivity index (χ3v) is 2.57. The Morgan fingerprint density at radius 1 is 1.13 bits per heavy atom. The molecule has 2 aromatic rings. The predicted molar refractivity (Wildman–Crippen MR) is 64.2 cm³/mol. The fourth-order valence-electron chi connectivity index (χ4n) is 1.81. The second kappa shape index (κ2) is 4.26. The van der Waals surface area contributed by atoms with Gasteiger partial charge >= 0.3 is 0 Å². The molecule has 0 aromatic heterocycles. The van der Waals surface area contributed by atoms with E-state index in [9.17, 15) is 0 Å². The first-order chi connectivity index (χ1) is 7.36. The molecule has 1 unspecified atom stereocenters. The molecule has 0 spiro atoms. The molecular weight excluding hydrogens is 184 g/mol. The molecule has 1 atom stereocenters. The number of fused-ring (bicyclic) bond motifs is 1. The molecule has 2 nitrogen and oxygen atoms in total. The molecule has 0 saturated carbocycles. The highest BCUT2D eigenvalue weighted by molar-refractivity contribution is 5.86. The number of nitrogens with two attached hydrogens (primary N) is 1. The Balaban J connectivity index is 2.64. The number of hydrogen-bond acceptors (Lipinski definition) is 2. The molecule has 15 heavy (non-hydrogen) atoms. The van der Waals surface area contributed by atoms with Gasteiger partial charge < -0.3 is 0 Å². The first-order valence-corrected chi connectivity index (χ1v) is 4.93. The highest BCUT2D eigenvalue weighted by Gasteiger charge is 2.07. The maximum atomic E-state index is 5.49. The Labute approximate surface area is 89.4 Å². The van der Waals surface area contributed by atoms with Gasteiger partial charge in [0.15, 0.2) is 0 Å². The first kappa shape index (κ1) is 9.90. The average Bonchev–Trinajstić information content (AvgIpc) is 2.31. The summed E-state index contributed by atoms with van der Waals surface area (Å²) in [6, 6.07) is 14.4. The topological polar surface area (TPSA) is 38.0 Å². The monoisotopic (exact) mass is 198 g/mol. The summed E-state index contributed by atoms with van der Waals surface area (Å²) >= 11 is 0. The minimum atomic E-state index is -0.00361. The summed E-state index contributed by atoms with van der Waals surface area (Å²) < 4.78 is 0. The molecular formula is C13H14N2. The Bertz CT molecular complexity index is 471. The van der Waals surface area contributed by atoms with Gasteiger partial charge in [0.05, 0.1) is 6.04 Å². The van der Waals surface area contributed by atoms with Gasteiger partial charge in [0, 0.05) is 0 Å². The number of nitrogens with one attached hydrogen (secondary N) is 1. The smallest absolute Gasteiger partial charge is 0.0644 e. The maximum absolute atomic E-state index is 5.49. The van der Waals surface area contributed by atoms with Crippen molar-refractivity contribution in [2.75, 3.05) is 0 Å². The Kier molecular flexibility index (Phi) is 2.81. The van der Waals surface area contributed by atoms with Crippen LogP contribution in [0.25, 0.3) is 10.8 Å². The minimum Gasteiger partial charge on any atom is -0.271 e. The van der Waals surface area contributed by atoms with E-state index in [1.807, 2.05) is 24.3 Å². The van der Waals surface area contributed by atoms with Crippen LogP contribution in [0, 0.1) is 0 Å². The molecule has 0 aliphatic heterocycles. The van der Waals surface area contributed by atoms with Crippen LogP contribution in [-0.4, -0.2) is 0 Å². The standard InChI is InChI=1S/C13H14N2/c1-2-13(15-14)12-9-5-7-10-6-3-4-8-11(10)12/h2-9,13,15H,1,14H2. The summed E-state index contributed by atoms with van der Waals surface area (Å²) in [4.78, 5) is 0. The molecule has 0 fully saturated rings. The zero-order valence-electron chi connectivity index (χ0n) is 8.48. The van der Waals surface area contributed by atoms with E-state index in [0.29, 0.717) is 0 Å². The fraction of sp³-hybridized carbons (Fsp3) is 0.0769. The molecule has 2 heteroatoms. The van der Waals surface area contributed by atoms with Gasteiger partial charge in [-0.2, -0.15) is 0 Å². The van der Waals surface area contributed by atoms with Crippen molar-refractivity contribution in [3.8, 4) is 0 Å². The molecule has 0 aliphatic carbocycles. The van der Waals surface area contributed by atoms with Crippen molar-refractivity contribution < 1.29 is 0 Å². The minimum absolute atomic E-state index is 0.00361. The lowest BCUT2D eigenvalue weighted by Gasteiger charge is -2.14. The summed E-state index contributed by atoms with van der Waals surface area (Å²) in [5, 5.41) is 2.43. The molecule has 0 radical (unpaired) electrons. The zero-order chi connectivity index (χ0) is 10.7. The molecule has 0 saturated heterocycles. The van der Waals surface area contributed by atoms with Crippen LogP contribution < -0.4 is 11.3 Å². The first-order valence-electron chi connectivity index (χ1n) is 4.93. The van der Waals surface area contributed by atoms with E-state index in [0.717, 1.165) is 5.56 Å². The largest absolute Gasteiger partial charge is 0.271 e. The predicted octanol–water partition coefficient (Wildman–Crippen LogP) is 2.53. The van der Waals surface area contributed by atoms with Crippen molar-refractivity contribution in [1.29, 1.82) is 0 Å². The summed E-state index contributed by atoms with van der Waals surface area (Å²) in [5.41, 5.74) is 3.90. The maximum Gasteiger partial charge on any atom is 0.0644 e. The second-order valence-electron chi connectivity index (χ2n) is 3.45. The van der Waals surface area contributed by atoms with Crippen LogP contribution in [0.15, 0.2) is 55.1 Å². The normalized spacial score (nSPS) is 12.6.